The maximum atomic E-state index is 11.7. The van der Waals surface area contributed by atoms with Crippen LogP contribution in [0.3, 0.4) is 0 Å². The number of rotatable bonds is 4. The summed E-state index contributed by atoms with van der Waals surface area (Å²) in [6.07, 6.45) is 10.2. The maximum absolute atomic E-state index is 11.7. The summed E-state index contributed by atoms with van der Waals surface area (Å²) < 4.78 is 7.01. The van der Waals surface area contributed by atoms with E-state index in [4.69, 9.17) is 9.84 Å². The molecule has 0 saturated carbocycles. The van der Waals surface area contributed by atoms with Crippen molar-refractivity contribution in [2.45, 2.75) is 25.2 Å². The number of hydrogen-bond donors (Lipinski definition) is 3. The number of aromatic nitrogens is 2. The van der Waals surface area contributed by atoms with Crippen LogP contribution < -0.4 is 11.2 Å². The van der Waals surface area contributed by atoms with Crippen LogP contribution in [0.2, 0.25) is 0 Å². The summed E-state index contributed by atoms with van der Waals surface area (Å²) >= 11 is 4.19. The van der Waals surface area contributed by atoms with Crippen molar-refractivity contribution in [3.8, 4) is 12.8 Å². The normalized spacial score (nSPS) is 22.8. The molecule has 2 N–H and O–H groups in total. The van der Waals surface area contributed by atoms with Crippen LogP contribution in [0, 0.1) is 18.8 Å². The lowest BCUT2D eigenvalue weighted by Crippen LogP contribution is -2.33. The highest BCUT2D eigenvalue weighted by atomic mass is 32.1. The smallest absolute Gasteiger partial charge is 0.330 e. The Hall–Kier alpha value is -1.75. The number of H-pyrrole nitrogens is 1. The SMILES string of the molecule is C#C.C=C.O=c1ccn([C@@H]2O[C@H](CO)C[C@@H]2CCS)c(=O)[nH]1. The molecule has 22 heavy (non-hydrogen) atoms. The average molecular weight is 326 g/mol. The van der Waals surface area contributed by atoms with Gasteiger partial charge in [-0.05, 0) is 18.6 Å². The van der Waals surface area contributed by atoms with E-state index in [1.807, 2.05) is 0 Å². The fraction of sp³-hybridized carbons (Fsp3) is 0.467. The Bertz CT molecular complexity index is 566. The third-order valence-corrected chi connectivity index (χ3v) is 3.39. The quantitative estimate of drug-likeness (QED) is 0.434. The zero-order valence-electron chi connectivity index (χ0n) is 12.4. The van der Waals surface area contributed by atoms with Crippen LogP contribution in [0.1, 0.15) is 19.1 Å². The third-order valence-electron chi connectivity index (χ3n) is 3.13. The summed E-state index contributed by atoms with van der Waals surface area (Å²) in [5.41, 5.74) is -0.922. The molecule has 0 bridgehead atoms. The van der Waals surface area contributed by atoms with Crippen molar-refractivity contribution in [1.29, 1.82) is 0 Å². The predicted octanol–water partition coefficient (Wildman–Crippen LogP) is 0.804. The van der Waals surface area contributed by atoms with Crippen LogP contribution in [-0.2, 0) is 4.74 Å². The first-order valence-electron chi connectivity index (χ1n) is 6.67. The van der Waals surface area contributed by atoms with Gasteiger partial charge in [-0.15, -0.1) is 26.0 Å². The summed E-state index contributed by atoms with van der Waals surface area (Å²) in [5.74, 6) is 0.795. The molecule has 0 aromatic carbocycles. The van der Waals surface area contributed by atoms with E-state index in [0.29, 0.717) is 12.2 Å². The molecule has 1 aromatic rings. The third kappa shape index (κ3) is 5.22. The topological polar surface area (TPSA) is 84.3 Å². The lowest BCUT2D eigenvalue weighted by molar-refractivity contribution is -0.0356. The lowest BCUT2D eigenvalue weighted by atomic mass is 10.0. The second kappa shape index (κ2) is 10.9. The van der Waals surface area contributed by atoms with E-state index in [1.165, 1.54) is 16.8 Å². The maximum Gasteiger partial charge on any atom is 0.330 e. The Kier molecular flexibility index (Phi) is 10.0. The molecule has 1 aliphatic heterocycles. The number of ether oxygens (including phenoxy) is 1. The molecule has 1 aliphatic rings. The molecule has 7 heteroatoms. The van der Waals surface area contributed by atoms with Crippen LogP contribution in [-0.4, -0.2) is 33.1 Å². The van der Waals surface area contributed by atoms with Crippen molar-refractivity contribution < 1.29 is 9.84 Å². The highest BCUT2D eigenvalue weighted by Crippen LogP contribution is 2.35. The number of aliphatic hydroxyl groups excluding tert-OH is 1. The van der Waals surface area contributed by atoms with E-state index in [-0.39, 0.29) is 18.6 Å². The number of terminal acetylenes is 1. The number of nitrogens with zero attached hydrogens (tertiary/aromatic N) is 1. The van der Waals surface area contributed by atoms with Gasteiger partial charge in [-0.3, -0.25) is 14.3 Å². The second-order valence-corrected chi connectivity index (χ2v) is 4.80. The van der Waals surface area contributed by atoms with E-state index < -0.39 is 17.5 Å². The van der Waals surface area contributed by atoms with Gasteiger partial charge in [-0.2, -0.15) is 12.6 Å². The van der Waals surface area contributed by atoms with Gasteiger partial charge in [0, 0.05) is 18.2 Å². The fourth-order valence-electron chi connectivity index (χ4n) is 2.28. The Labute approximate surface area is 135 Å². The molecule has 0 radical (unpaired) electrons. The van der Waals surface area contributed by atoms with E-state index in [2.05, 4.69) is 43.6 Å². The zero-order valence-corrected chi connectivity index (χ0v) is 13.2. The molecule has 0 unspecified atom stereocenters. The summed E-state index contributed by atoms with van der Waals surface area (Å²) in [5, 5.41) is 9.14. The van der Waals surface area contributed by atoms with Gasteiger partial charge in [0.05, 0.1) is 12.7 Å². The summed E-state index contributed by atoms with van der Waals surface area (Å²) in [4.78, 5) is 24.9. The Morgan fingerprint density at radius 3 is 2.59 bits per heavy atom. The van der Waals surface area contributed by atoms with Crippen molar-refractivity contribution in [1.82, 2.24) is 9.55 Å². The minimum atomic E-state index is -0.491. The van der Waals surface area contributed by atoms with Gasteiger partial charge in [0.25, 0.3) is 5.56 Å². The van der Waals surface area contributed by atoms with Gasteiger partial charge in [-0.1, -0.05) is 0 Å². The molecule has 1 aromatic heterocycles. The van der Waals surface area contributed by atoms with Gasteiger partial charge in [0.2, 0.25) is 0 Å². The highest BCUT2D eigenvalue weighted by Gasteiger charge is 2.35. The highest BCUT2D eigenvalue weighted by molar-refractivity contribution is 7.80. The molecule has 1 saturated heterocycles. The van der Waals surface area contributed by atoms with E-state index in [0.717, 1.165) is 6.42 Å². The standard InChI is InChI=1S/C11H16N2O4S.C2H4.C2H2/c14-6-8-5-7(2-4-18)10(17-8)13-3-1-9(15)12-11(13)16;2*1-2/h1,3,7-8,10,14,18H,2,4-6H2,(H,12,15,16);1-2H2;1-2H/t7-,8-,10+;;/m0../s1. The van der Waals surface area contributed by atoms with Crippen molar-refractivity contribution in [2.75, 3.05) is 12.4 Å². The molecule has 0 amide bonds. The first-order valence-corrected chi connectivity index (χ1v) is 7.31. The van der Waals surface area contributed by atoms with Crippen molar-refractivity contribution in [3.63, 3.8) is 0 Å². The first kappa shape index (κ1) is 20.2. The van der Waals surface area contributed by atoms with Crippen LogP contribution >= 0.6 is 12.6 Å². The minimum Gasteiger partial charge on any atom is -0.394 e. The van der Waals surface area contributed by atoms with Gasteiger partial charge in [0.15, 0.2) is 0 Å². The van der Waals surface area contributed by atoms with Gasteiger partial charge in [-0.25, -0.2) is 4.79 Å². The average Bonchev–Trinajstić information content (AvgIpc) is 2.95. The largest absolute Gasteiger partial charge is 0.394 e. The Balaban J connectivity index is 0.00000102. The molecule has 3 atom stereocenters. The van der Waals surface area contributed by atoms with Crippen LogP contribution in [0.15, 0.2) is 35.0 Å². The van der Waals surface area contributed by atoms with Crippen LogP contribution in [0.4, 0.5) is 0 Å². The minimum absolute atomic E-state index is 0.0718. The number of aliphatic hydroxyl groups is 1. The van der Waals surface area contributed by atoms with Gasteiger partial charge >= 0.3 is 5.69 Å². The van der Waals surface area contributed by atoms with E-state index in [9.17, 15) is 9.59 Å². The monoisotopic (exact) mass is 326 g/mol. The Morgan fingerprint density at radius 1 is 1.45 bits per heavy atom. The number of hydrogen-bond acceptors (Lipinski definition) is 5. The summed E-state index contributed by atoms with van der Waals surface area (Å²) in [6.45, 7) is 5.93. The first-order chi connectivity index (χ1) is 10.7. The second-order valence-electron chi connectivity index (χ2n) is 4.36. The molecule has 2 heterocycles. The van der Waals surface area contributed by atoms with Crippen molar-refractivity contribution in [3.05, 3.63) is 46.3 Å². The van der Waals surface area contributed by atoms with Gasteiger partial charge in [0.1, 0.15) is 6.23 Å². The van der Waals surface area contributed by atoms with Crippen molar-refractivity contribution >= 4 is 12.6 Å². The fourth-order valence-corrected chi connectivity index (χ4v) is 2.61. The molecule has 122 valence electrons. The Morgan fingerprint density at radius 2 is 2.09 bits per heavy atom. The van der Waals surface area contributed by atoms with Crippen LogP contribution in [0.5, 0.6) is 0 Å². The molecule has 0 spiro atoms. The zero-order chi connectivity index (χ0) is 17.1. The van der Waals surface area contributed by atoms with E-state index >= 15 is 0 Å². The number of aromatic amines is 1. The summed E-state index contributed by atoms with van der Waals surface area (Å²) in [6, 6.07) is 1.29. The van der Waals surface area contributed by atoms with Crippen molar-refractivity contribution in [2.24, 2.45) is 5.92 Å². The predicted molar refractivity (Wildman–Crippen MR) is 90.0 cm³/mol. The number of thiol groups is 1. The number of nitrogens with one attached hydrogen (secondary N) is 1. The molecule has 0 aliphatic carbocycles. The van der Waals surface area contributed by atoms with Gasteiger partial charge < -0.3 is 9.84 Å². The van der Waals surface area contributed by atoms with E-state index in [1.54, 1.807) is 0 Å². The van der Waals surface area contributed by atoms with Crippen LogP contribution in [0.25, 0.3) is 0 Å². The molecule has 2 rings (SSSR count). The molecule has 1 fully saturated rings. The molecule has 6 nitrogen and oxygen atoms in total. The molecular weight excluding hydrogens is 304 g/mol. The lowest BCUT2D eigenvalue weighted by Gasteiger charge is -2.19. The molecular formula is C15H22N2O4S. The summed E-state index contributed by atoms with van der Waals surface area (Å²) in [7, 11) is 0.